The number of furan rings is 1. The first kappa shape index (κ1) is 18.1. The van der Waals surface area contributed by atoms with Crippen LogP contribution in [-0.4, -0.2) is 9.55 Å². The van der Waals surface area contributed by atoms with Gasteiger partial charge in [-0.1, -0.05) is 49.7 Å². The number of hydrogen-bond donors (Lipinski definition) is 0. The second kappa shape index (κ2) is 7.40. The quantitative estimate of drug-likeness (QED) is 0.666. The van der Waals surface area contributed by atoms with Gasteiger partial charge >= 0.3 is 0 Å². The first-order valence-electron chi connectivity index (χ1n) is 9.58. The van der Waals surface area contributed by atoms with Gasteiger partial charge in [0, 0.05) is 24.4 Å². The van der Waals surface area contributed by atoms with Crippen LogP contribution < -0.4 is 10.7 Å². The number of rotatable bonds is 5. The van der Waals surface area contributed by atoms with Gasteiger partial charge in [0.2, 0.25) is 0 Å². The zero-order chi connectivity index (χ0) is 19.0. The zero-order valence-corrected chi connectivity index (χ0v) is 16.8. The fourth-order valence-electron chi connectivity index (χ4n) is 3.63. The average molecular weight is 381 g/mol. The maximum absolute atomic E-state index is 6.05. The number of benzene rings is 1. The van der Waals surface area contributed by atoms with Crippen LogP contribution in [0.15, 0.2) is 40.8 Å². The largest absolute Gasteiger partial charge is 0.466 e. The van der Waals surface area contributed by atoms with Crippen LogP contribution >= 0.6 is 11.6 Å². The monoisotopic (exact) mass is 380 g/mol. The minimum atomic E-state index is 0.511. The molecule has 140 valence electrons. The Morgan fingerprint density at radius 3 is 2.44 bits per heavy atom. The first-order valence-corrected chi connectivity index (χ1v) is 9.96. The summed E-state index contributed by atoms with van der Waals surface area (Å²) in [6, 6.07) is 12.2. The van der Waals surface area contributed by atoms with Crippen LogP contribution in [0.25, 0.3) is 12.2 Å². The molecule has 0 aliphatic heterocycles. The van der Waals surface area contributed by atoms with Gasteiger partial charge in [-0.25, -0.2) is 4.98 Å². The van der Waals surface area contributed by atoms with E-state index in [2.05, 4.69) is 48.8 Å². The van der Waals surface area contributed by atoms with Gasteiger partial charge < -0.3 is 8.98 Å². The molecule has 0 saturated carbocycles. The van der Waals surface area contributed by atoms with E-state index in [-0.39, 0.29) is 0 Å². The number of hydrogen-bond acceptors (Lipinski definition) is 2. The lowest BCUT2D eigenvalue weighted by Gasteiger charge is -2.15. The van der Waals surface area contributed by atoms with E-state index < -0.39 is 0 Å². The summed E-state index contributed by atoms with van der Waals surface area (Å²) in [4.78, 5) is 4.98. The van der Waals surface area contributed by atoms with Crippen molar-refractivity contribution in [1.82, 2.24) is 9.55 Å². The third-order valence-corrected chi connectivity index (χ3v) is 5.68. The van der Waals surface area contributed by atoms with Crippen LogP contribution in [0.1, 0.15) is 36.8 Å². The van der Waals surface area contributed by atoms with Crippen molar-refractivity contribution in [1.29, 1.82) is 0 Å². The van der Waals surface area contributed by atoms with Gasteiger partial charge in [0.15, 0.2) is 0 Å². The number of aryl methyl sites for hydroxylation is 3. The Bertz CT molecular complexity index is 1060. The molecule has 3 aromatic rings. The normalized spacial score (nSPS) is 18.7. The predicted molar refractivity (Wildman–Crippen MR) is 110 cm³/mol. The molecular formula is C23H25ClN2O. The molecule has 2 heterocycles. The van der Waals surface area contributed by atoms with E-state index in [9.17, 15) is 0 Å². The smallest absolute Gasteiger partial charge is 0.110 e. The maximum atomic E-state index is 6.05. The molecule has 1 aliphatic rings. The van der Waals surface area contributed by atoms with Gasteiger partial charge in [0.1, 0.15) is 17.3 Å². The Balaban J connectivity index is 1.71. The molecule has 4 rings (SSSR count). The molecule has 0 radical (unpaired) electrons. The summed E-state index contributed by atoms with van der Waals surface area (Å²) in [7, 11) is 0. The Hall–Kier alpha value is -2.26. The summed E-state index contributed by atoms with van der Waals surface area (Å²) in [5, 5.41) is 3.11. The fourth-order valence-corrected chi connectivity index (χ4v) is 3.75. The molecule has 2 atom stereocenters. The number of nitrogens with zero attached hydrogens (tertiary/aromatic N) is 2. The molecule has 4 heteroatoms. The van der Waals surface area contributed by atoms with Crippen molar-refractivity contribution in [2.75, 3.05) is 0 Å². The number of fused-ring (bicyclic) bond motifs is 1. The molecule has 27 heavy (non-hydrogen) atoms. The van der Waals surface area contributed by atoms with Crippen molar-refractivity contribution >= 4 is 23.8 Å². The van der Waals surface area contributed by atoms with Gasteiger partial charge in [-0.2, -0.15) is 0 Å². The second-order valence-corrected chi connectivity index (χ2v) is 8.01. The Kier molecular flexibility index (Phi) is 4.96. The highest BCUT2D eigenvalue weighted by Gasteiger charge is 2.17. The lowest BCUT2D eigenvalue weighted by atomic mass is 9.92. The predicted octanol–water partition coefficient (Wildman–Crippen LogP) is 4.12. The molecule has 0 bridgehead atoms. The van der Waals surface area contributed by atoms with Crippen molar-refractivity contribution in [3.05, 3.63) is 75.0 Å². The van der Waals surface area contributed by atoms with E-state index in [0.29, 0.717) is 11.8 Å². The SMILES string of the molecule is Cc1ccc(CCc2nc3c(n2Cc2ccc(Cl)cc2)=CC(C)C(C)C=3)o1. The Labute approximate surface area is 165 Å². The van der Waals surface area contributed by atoms with Gasteiger partial charge in [-0.15, -0.1) is 0 Å². The third kappa shape index (κ3) is 3.89. The van der Waals surface area contributed by atoms with Crippen molar-refractivity contribution in [3.63, 3.8) is 0 Å². The number of halogens is 1. The lowest BCUT2D eigenvalue weighted by Crippen LogP contribution is -2.36. The highest BCUT2D eigenvalue weighted by atomic mass is 35.5. The highest BCUT2D eigenvalue weighted by molar-refractivity contribution is 6.30. The van der Waals surface area contributed by atoms with E-state index in [0.717, 1.165) is 47.1 Å². The Morgan fingerprint density at radius 2 is 1.74 bits per heavy atom. The third-order valence-electron chi connectivity index (χ3n) is 5.43. The van der Waals surface area contributed by atoms with Gasteiger partial charge in [0.05, 0.1) is 10.7 Å². The van der Waals surface area contributed by atoms with Crippen LogP contribution in [0.3, 0.4) is 0 Å². The van der Waals surface area contributed by atoms with Crippen LogP contribution in [0, 0.1) is 18.8 Å². The summed E-state index contributed by atoms with van der Waals surface area (Å²) >= 11 is 6.05. The van der Waals surface area contributed by atoms with E-state index in [1.54, 1.807) is 0 Å². The number of imidazole rings is 1. The van der Waals surface area contributed by atoms with Crippen LogP contribution in [0.5, 0.6) is 0 Å². The van der Waals surface area contributed by atoms with Crippen LogP contribution in [-0.2, 0) is 19.4 Å². The van der Waals surface area contributed by atoms with Crippen molar-refractivity contribution in [3.8, 4) is 0 Å². The highest BCUT2D eigenvalue weighted by Crippen LogP contribution is 2.17. The molecule has 2 aromatic heterocycles. The summed E-state index contributed by atoms with van der Waals surface area (Å²) in [5.74, 6) is 4.10. The lowest BCUT2D eigenvalue weighted by molar-refractivity contribution is 0.479. The molecular weight excluding hydrogens is 356 g/mol. The molecule has 3 nitrogen and oxygen atoms in total. The fraction of sp³-hybridized carbons (Fsp3) is 0.348. The minimum absolute atomic E-state index is 0.511. The molecule has 2 unspecified atom stereocenters. The van der Waals surface area contributed by atoms with Gasteiger partial charge in [-0.3, -0.25) is 0 Å². The van der Waals surface area contributed by atoms with Crippen molar-refractivity contribution in [2.45, 2.75) is 40.2 Å². The molecule has 0 fully saturated rings. The summed E-state index contributed by atoms with van der Waals surface area (Å²) in [5.41, 5.74) is 1.23. The molecule has 0 amide bonds. The molecule has 0 saturated heterocycles. The van der Waals surface area contributed by atoms with E-state index in [4.69, 9.17) is 21.0 Å². The summed E-state index contributed by atoms with van der Waals surface area (Å²) < 4.78 is 8.10. The van der Waals surface area contributed by atoms with Crippen LogP contribution in [0.2, 0.25) is 5.02 Å². The number of aromatic nitrogens is 2. The van der Waals surface area contributed by atoms with E-state index >= 15 is 0 Å². The van der Waals surface area contributed by atoms with Crippen LogP contribution in [0.4, 0.5) is 0 Å². The van der Waals surface area contributed by atoms with Gasteiger partial charge in [0.25, 0.3) is 0 Å². The maximum Gasteiger partial charge on any atom is 0.110 e. The topological polar surface area (TPSA) is 31.0 Å². The van der Waals surface area contributed by atoms with Gasteiger partial charge in [-0.05, 0) is 48.6 Å². The summed E-state index contributed by atoms with van der Waals surface area (Å²) in [6.45, 7) is 7.32. The molecule has 1 aromatic carbocycles. The molecule has 1 aliphatic carbocycles. The van der Waals surface area contributed by atoms with Crippen molar-refractivity contribution in [2.24, 2.45) is 11.8 Å². The van der Waals surface area contributed by atoms with Crippen molar-refractivity contribution < 1.29 is 4.42 Å². The van der Waals surface area contributed by atoms with E-state index in [1.165, 1.54) is 10.9 Å². The molecule has 0 spiro atoms. The average Bonchev–Trinajstić information content (AvgIpc) is 3.19. The first-order chi connectivity index (χ1) is 13.0. The van der Waals surface area contributed by atoms with E-state index in [1.807, 2.05) is 25.1 Å². The Morgan fingerprint density at radius 1 is 1.00 bits per heavy atom. The summed E-state index contributed by atoms with van der Waals surface area (Å²) in [6.07, 6.45) is 6.38. The second-order valence-electron chi connectivity index (χ2n) is 7.58. The standard InChI is InChI=1S/C23H25ClN2O/c1-15-12-21-22(13-16(15)2)26(14-18-5-7-19(24)8-6-18)23(25-21)11-10-20-9-4-17(3)27-20/h4-9,12-13,15-16H,10-11,14H2,1-3H3. The zero-order valence-electron chi connectivity index (χ0n) is 16.1. The molecule has 0 N–H and O–H groups in total. The minimum Gasteiger partial charge on any atom is -0.466 e.